The van der Waals surface area contributed by atoms with Gasteiger partial charge in [0.25, 0.3) is 0 Å². The van der Waals surface area contributed by atoms with Crippen molar-refractivity contribution in [2.24, 2.45) is 16.2 Å². The molecule has 0 bridgehead atoms. The summed E-state index contributed by atoms with van der Waals surface area (Å²) < 4.78 is 29.9. The maximum atomic E-state index is 12.4. The molecule has 40 heavy (non-hydrogen) atoms. The number of carbonyl (C=O) groups excluding carboxylic acids is 3. The molecule has 3 atom stereocenters. The molecule has 0 spiro atoms. The zero-order valence-electron chi connectivity index (χ0n) is 25.6. The van der Waals surface area contributed by atoms with E-state index in [1.54, 1.807) is 41.7 Å². The number of aliphatic carboxylic acids is 1. The van der Waals surface area contributed by atoms with Crippen LogP contribution in [0.3, 0.4) is 0 Å². The van der Waals surface area contributed by atoms with Crippen molar-refractivity contribution in [2.45, 2.75) is 79.8 Å². The Morgan fingerprint density at radius 1 is 0.875 bits per heavy atom. The van der Waals surface area contributed by atoms with Crippen molar-refractivity contribution in [1.29, 1.82) is 0 Å². The van der Waals surface area contributed by atoms with E-state index < -0.39 is 28.2 Å². The summed E-state index contributed by atoms with van der Waals surface area (Å²) in [7, 11) is 2.92. The maximum absolute atomic E-state index is 12.4. The topological polar surface area (TPSA) is 147 Å². The molecule has 1 N–H and O–H groups in total. The first kappa shape index (κ1) is 37.5. The van der Waals surface area contributed by atoms with Gasteiger partial charge in [0.2, 0.25) is 0 Å². The molecular weight excluding hydrogens is 524 g/mol. The summed E-state index contributed by atoms with van der Waals surface area (Å²) in [6.07, 6.45) is 2.03. The second-order valence-corrected chi connectivity index (χ2v) is 11.2. The van der Waals surface area contributed by atoms with Crippen molar-refractivity contribution in [2.75, 3.05) is 53.9 Å². The molecule has 1 saturated heterocycles. The number of ether oxygens (including phenoxy) is 6. The first-order chi connectivity index (χ1) is 18.6. The van der Waals surface area contributed by atoms with Crippen molar-refractivity contribution in [1.82, 2.24) is 0 Å². The van der Waals surface area contributed by atoms with E-state index >= 15 is 0 Å². The molecule has 0 aromatic rings. The quantitative estimate of drug-likeness (QED) is 0.0786. The zero-order valence-corrected chi connectivity index (χ0v) is 25.6. The predicted molar refractivity (Wildman–Crippen MR) is 148 cm³/mol. The minimum atomic E-state index is -1.06. The Kier molecular flexibility index (Phi) is 16.9. The number of esters is 3. The number of methoxy groups -OCH3 is 2. The SMILES string of the molecule is C=C(C)C(=O)OCC1CO1.CCC(C)(CCC(C)(CCC(C)(C)C(=O)OCCOCCOC)C(=O)O)C(=O)OC. The van der Waals surface area contributed by atoms with Crippen molar-refractivity contribution in [3.8, 4) is 0 Å². The summed E-state index contributed by atoms with van der Waals surface area (Å²) in [5.74, 6) is -2.01. The van der Waals surface area contributed by atoms with Crippen molar-refractivity contribution >= 4 is 23.9 Å². The van der Waals surface area contributed by atoms with Gasteiger partial charge in [-0.05, 0) is 66.7 Å². The number of carboxylic acids is 1. The molecule has 0 aromatic heterocycles. The Labute approximate surface area is 238 Å². The third-order valence-corrected chi connectivity index (χ3v) is 7.10. The lowest BCUT2D eigenvalue weighted by atomic mass is 9.71. The van der Waals surface area contributed by atoms with Crippen LogP contribution in [0.2, 0.25) is 0 Å². The first-order valence-corrected chi connectivity index (χ1v) is 13.6. The van der Waals surface area contributed by atoms with Crippen LogP contribution < -0.4 is 0 Å². The van der Waals surface area contributed by atoms with Crippen molar-refractivity contribution in [3.05, 3.63) is 12.2 Å². The van der Waals surface area contributed by atoms with Gasteiger partial charge in [0.1, 0.15) is 19.3 Å². The van der Waals surface area contributed by atoms with Crippen LogP contribution in [0.1, 0.15) is 73.6 Å². The number of rotatable bonds is 19. The number of carboxylic acid groups (broad SMARTS) is 1. The average molecular weight is 575 g/mol. The minimum absolute atomic E-state index is 0.135. The fourth-order valence-electron chi connectivity index (χ4n) is 3.34. The number of hydrogen-bond acceptors (Lipinski definition) is 10. The van der Waals surface area contributed by atoms with Crippen LogP contribution in [-0.2, 0) is 47.6 Å². The van der Waals surface area contributed by atoms with Crippen LogP contribution in [0.15, 0.2) is 12.2 Å². The van der Waals surface area contributed by atoms with Gasteiger partial charge in [-0.1, -0.05) is 13.5 Å². The monoisotopic (exact) mass is 574 g/mol. The van der Waals surface area contributed by atoms with E-state index in [-0.39, 0.29) is 37.7 Å². The predicted octanol–water partition coefficient (Wildman–Crippen LogP) is 3.96. The van der Waals surface area contributed by atoms with Crippen LogP contribution in [-0.4, -0.2) is 88.9 Å². The van der Waals surface area contributed by atoms with E-state index in [2.05, 4.69) is 6.58 Å². The van der Waals surface area contributed by atoms with E-state index in [0.29, 0.717) is 57.7 Å². The third-order valence-electron chi connectivity index (χ3n) is 7.10. The smallest absolute Gasteiger partial charge is 0.333 e. The van der Waals surface area contributed by atoms with Gasteiger partial charge in [0.15, 0.2) is 0 Å². The standard InChI is InChI=1S/C22H40O8.C7H10O3/c1-8-21(4,19(26)28-7)11-12-22(5,17(23)24)10-9-20(2,3)18(25)30-16-15-29-14-13-27-6;1-5(2)7(8)10-4-6-3-9-6/h8-16H2,1-7H3,(H,23,24);6H,1,3-4H2,2H3. The Bertz CT molecular complexity index is 834. The molecule has 1 aliphatic heterocycles. The fourth-order valence-corrected chi connectivity index (χ4v) is 3.34. The van der Waals surface area contributed by atoms with E-state index in [1.165, 1.54) is 7.11 Å². The van der Waals surface area contributed by atoms with Crippen LogP contribution in [0.5, 0.6) is 0 Å². The summed E-state index contributed by atoms with van der Waals surface area (Å²) in [5.41, 5.74) is -2.20. The molecule has 11 heteroatoms. The first-order valence-electron chi connectivity index (χ1n) is 13.6. The summed E-state index contributed by atoms with van der Waals surface area (Å²) in [4.78, 5) is 47.2. The van der Waals surface area contributed by atoms with Gasteiger partial charge in [0.05, 0.1) is 49.8 Å². The normalized spacial score (nSPS) is 17.2. The van der Waals surface area contributed by atoms with Crippen LogP contribution in [0, 0.1) is 16.2 Å². The molecule has 1 heterocycles. The fraction of sp³-hybridized carbons (Fsp3) is 0.793. The molecule has 3 unspecified atom stereocenters. The highest BCUT2D eigenvalue weighted by Gasteiger charge is 2.41. The van der Waals surface area contributed by atoms with Crippen LogP contribution in [0.25, 0.3) is 0 Å². The summed E-state index contributed by atoms with van der Waals surface area (Å²) in [6.45, 7) is 16.3. The molecule has 0 aromatic carbocycles. The highest BCUT2D eigenvalue weighted by Crippen LogP contribution is 2.40. The van der Waals surface area contributed by atoms with E-state index in [9.17, 15) is 24.3 Å². The molecule has 232 valence electrons. The van der Waals surface area contributed by atoms with Gasteiger partial charge in [-0.25, -0.2) is 4.79 Å². The maximum Gasteiger partial charge on any atom is 0.333 e. The van der Waals surface area contributed by atoms with Crippen LogP contribution in [0.4, 0.5) is 0 Å². The van der Waals surface area contributed by atoms with Gasteiger partial charge < -0.3 is 33.5 Å². The highest BCUT2D eigenvalue weighted by atomic mass is 16.6. The van der Waals surface area contributed by atoms with Crippen molar-refractivity contribution < 1.29 is 52.7 Å². The average Bonchev–Trinajstić information content (AvgIpc) is 3.75. The lowest BCUT2D eigenvalue weighted by molar-refractivity contribution is -0.159. The largest absolute Gasteiger partial charge is 0.481 e. The molecule has 0 radical (unpaired) electrons. The highest BCUT2D eigenvalue weighted by molar-refractivity contribution is 5.86. The molecule has 0 amide bonds. The minimum Gasteiger partial charge on any atom is -0.481 e. The summed E-state index contributed by atoms with van der Waals surface area (Å²) in [6, 6.07) is 0. The second-order valence-electron chi connectivity index (χ2n) is 11.2. The second kappa shape index (κ2) is 18.0. The molecule has 0 aliphatic carbocycles. The lowest BCUT2D eigenvalue weighted by Gasteiger charge is -2.33. The zero-order chi connectivity index (χ0) is 31.0. The molecule has 1 aliphatic rings. The van der Waals surface area contributed by atoms with E-state index in [0.717, 1.165) is 0 Å². The molecule has 11 nitrogen and oxygen atoms in total. The molecule has 1 rings (SSSR count). The third kappa shape index (κ3) is 14.2. The molecule has 0 saturated carbocycles. The van der Waals surface area contributed by atoms with Gasteiger partial charge in [-0.2, -0.15) is 0 Å². The van der Waals surface area contributed by atoms with Gasteiger partial charge >= 0.3 is 23.9 Å². The van der Waals surface area contributed by atoms with Gasteiger partial charge in [-0.15, -0.1) is 0 Å². The van der Waals surface area contributed by atoms with Gasteiger partial charge in [0, 0.05) is 12.7 Å². The number of hydrogen-bond donors (Lipinski definition) is 1. The Morgan fingerprint density at radius 2 is 1.43 bits per heavy atom. The van der Waals surface area contributed by atoms with E-state index in [4.69, 9.17) is 28.4 Å². The Morgan fingerprint density at radius 3 is 1.90 bits per heavy atom. The molecular formula is C29H50O11. The number of carbonyl (C=O) groups is 4. The van der Waals surface area contributed by atoms with Crippen molar-refractivity contribution in [3.63, 3.8) is 0 Å². The summed E-state index contributed by atoms with van der Waals surface area (Å²) in [5, 5.41) is 9.82. The van der Waals surface area contributed by atoms with E-state index in [1.807, 2.05) is 6.92 Å². The molecule has 1 fully saturated rings. The lowest BCUT2D eigenvalue weighted by Crippen LogP contribution is -2.36. The Balaban J connectivity index is 0.00000126. The van der Waals surface area contributed by atoms with Gasteiger partial charge in [-0.3, -0.25) is 14.4 Å². The summed E-state index contributed by atoms with van der Waals surface area (Å²) >= 11 is 0. The van der Waals surface area contributed by atoms with Crippen LogP contribution >= 0.6 is 0 Å². The number of epoxide rings is 1. The Hall–Kier alpha value is -2.50.